The van der Waals surface area contributed by atoms with Gasteiger partial charge in [0.05, 0.1) is 34.4 Å². The van der Waals surface area contributed by atoms with E-state index in [1.54, 1.807) is 66.4 Å². The maximum atomic E-state index is 13.6. The summed E-state index contributed by atoms with van der Waals surface area (Å²) in [6.07, 6.45) is 0.198. The van der Waals surface area contributed by atoms with Gasteiger partial charge in [-0.25, -0.2) is 0 Å². The van der Waals surface area contributed by atoms with Crippen LogP contribution >= 0.6 is 0 Å². The number of fused-ring (bicyclic) bond motifs is 1. The predicted molar refractivity (Wildman–Crippen MR) is 129 cm³/mol. The molecule has 3 unspecified atom stereocenters. The van der Waals surface area contributed by atoms with Gasteiger partial charge in [0.15, 0.2) is 23.0 Å². The largest absolute Gasteiger partial charge is 0.493 e. The van der Waals surface area contributed by atoms with Gasteiger partial charge in [-0.15, -0.1) is 0 Å². The molecule has 0 saturated carbocycles. The van der Waals surface area contributed by atoms with Gasteiger partial charge in [0.2, 0.25) is 11.8 Å². The molecule has 0 aromatic heterocycles. The second-order valence-corrected chi connectivity index (χ2v) is 8.79. The molecule has 2 amide bonds. The van der Waals surface area contributed by atoms with Gasteiger partial charge in [-0.3, -0.25) is 9.59 Å². The summed E-state index contributed by atoms with van der Waals surface area (Å²) in [5.41, 5.74) is 2.74. The van der Waals surface area contributed by atoms with Crippen LogP contribution in [0.1, 0.15) is 34.9 Å². The zero-order valence-electron chi connectivity index (χ0n) is 21.2. The maximum Gasteiger partial charge on any atom is 0.226 e. The summed E-state index contributed by atoms with van der Waals surface area (Å²) in [7, 11) is 13.3. The third-order valence-electron chi connectivity index (χ3n) is 6.50. The predicted octanol–water partition coefficient (Wildman–Crippen LogP) is 3.13. The fourth-order valence-electron chi connectivity index (χ4n) is 4.77. The van der Waals surface area contributed by atoms with Crippen molar-refractivity contribution in [2.45, 2.75) is 18.3 Å². The van der Waals surface area contributed by atoms with Gasteiger partial charge in [-0.2, -0.15) is 0 Å². The van der Waals surface area contributed by atoms with Crippen LogP contribution in [0.3, 0.4) is 0 Å². The Morgan fingerprint density at radius 1 is 0.735 bits per heavy atom. The van der Waals surface area contributed by atoms with E-state index in [9.17, 15) is 9.59 Å². The lowest BCUT2D eigenvalue weighted by molar-refractivity contribution is -0.135. The minimum absolute atomic E-state index is 0.0461. The summed E-state index contributed by atoms with van der Waals surface area (Å²) in [4.78, 5) is 29.6. The Morgan fingerprint density at radius 3 is 1.76 bits per heavy atom. The SMILES string of the molecule is COc1ccc(C2c3cc(OC)c(OC)cc3C(CC(=O)N(C)C)C2C(=O)N(C)C)cc1OC. The van der Waals surface area contributed by atoms with Gasteiger partial charge in [-0.1, -0.05) is 6.07 Å². The van der Waals surface area contributed by atoms with Gasteiger partial charge in [0.1, 0.15) is 0 Å². The molecule has 1 aliphatic rings. The Morgan fingerprint density at radius 2 is 1.26 bits per heavy atom. The number of hydrogen-bond donors (Lipinski definition) is 0. The number of benzene rings is 2. The highest BCUT2D eigenvalue weighted by Crippen LogP contribution is 2.55. The fourth-order valence-corrected chi connectivity index (χ4v) is 4.77. The summed E-state index contributed by atoms with van der Waals surface area (Å²) >= 11 is 0. The van der Waals surface area contributed by atoms with Crippen LogP contribution in [-0.2, 0) is 9.59 Å². The monoisotopic (exact) mass is 470 g/mol. The van der Waals surface area contributed by atoms with Crippen molar-refractivity contribution in [3.63, 3.8) is 0 Å². The van der Waals surface area contributed by atoms with E-state index in [0.29, 0.717) is 23.0 Å². The lowest BCUT2D eigenvalue weighted by atomic mass is 9.80. The molecule has 0 aliphatic heterocycles. The molecule has 2 aromatic rings. The normalized spacial score (nSPS) is 18.6. The summed E-state index contributed by atoms with van der Waals surface area (Å²) in [6.45, 7) is 0. The van der Waals surface area contributed by atoms with Crippen LogP contribution in [0.15, 0.2) is 30.3 Å². The van der Waals surface area contributed by atoms with E-state index in [2.05, 4.69) is 0 Å². The van der Waals surface area contributed by atoms with Gasteiger partial charge in [0.25, 0.3) is 0 Å². The van der Waals surface area contributed by atoms with E-state index < -0.39 is 5.92 Å². The molecule has 0 heterocycles. The summed E-state index contributed by atoms with van der Waals surface area (Å²) < 4.78 is 22.1. The Bertz CT molecular complexity index is 1070. The van der Waals surface area contributed by atoms with Gasteiger partial charge >= 0.3 is 0 Å². The first kappa shape index (κ1) is 25.2. The molecule has 0 radical (unpaired) electrons. The van der Waals surface area contributed by atoms with Crippen molar-refractivity contribution < 1.29 is 28.5 Å². The van der Waals surface area contributed by atoms with E-state index >= 15 is 0 Å². The molecule has 0 N–H and O–H groups in total. The Kier molecular flexibility index (Phi) is 7.59. The highest BCUT2D eigenvalue weighted by Gasteiger charge is 2.47. The lowest BCUT2D eigenvalue weighted by Gasteiger charge is -2.28. The molecule has 0 spiro atoms. The van der Waals surface area contributed by atoms with Crippen LogP contribution in [0, 0.1) is 5.92 Å². The molecule has 3 rings (SSSR count). The lowest BCUT2D eigenvalue weighted by Crippen LogP contribution is -2.36. The molecular weight excluding hydrogens is 436 g/mol. The molecule has 1 aliphatic carbocycles. The second kappa shape index (κ2) is 10.2. The fraction of sp³-hybridized carbons (Fsp3) is 0.462. The third kappa shape index (κ3) is 4.49. The maximum absolute atomic E-state index is 13.6. The highest BCUT2D eigenvalue weighted by molar-refractivity contribution is 5.86. The van der Waals surface area contributed by atoms with Crippen molar-refractivity contribution in [3.8, 4) is 23.0 Å². The summed E-state index contributed by atoms with van der Waals surface area (Å²) in [5, 5.41) is 0. The minimum atomic E-state index is -0.496. The molecule has 34 heavy (non-hydrogen) atoms. The third-order valence-corrected chi connectivity index (χ3v) is 6.50. The van der Waals surface area contributed by atoms with Crippen LogP contribution in [0.2, 0.25) is 0 Å². The number of amides is 2. The van der Waals surface area contributed by atoms with E-state index in [1.165, 1.54) is 0 Å². The molecule has 0 saturated heterocycles. The Balaban J connectivity index is 2.29. The van der Waals surface area contributed by atoms with Crippen molar-refractivity contribution >= 4 is 11.8 Å². The Labute approximate surface area is 201 Å². The zero-order chi connectivity index (χ0) is 25.2. The number of rotatable bonds is 8. The van der Waals surface area contributed by atoms with E-state index in [0.717, 1.165) is 16.7 Å². The van der Waals surface area contributed by atoms with Crippen LogP contribution in [-0.4, -0.2) is 78.2 Å². The van der Waals surface area contributed by atoms with Crippen LogP contribution in [0.5, 0.6) is 23.0 Å². The van der Waals surface area contributed by atoms with Crippen molar-refractivity contribution in [1.29, 1.82) is 0 Å². The standard InChI is InChI=1S/C26H34N2O6/c1-27(2)23(29)14-18-16-12-21(33-7)22(34-8)13-17(16)24(25(18)26(30)28(3)4)15-9-10-19(31-5)20(11-15)32-6/h9-13,18,24-25H,14H2,1-8H3. The molecule has 3 atom stereocenters. The average Bonchev–Trinajstić information content (AvgIpc) is 3.14. The summed E-state index contributed by atoms with van der Waals surface area (Å²) in [6, 6.07) is 9.50. The topological polar surface area (TPSA) is 77.5 Å². The van der Waals surface area contributed by atoms with Crippen molar-refractivity contribution in [2.75, 3.05) is 56.6 Å². The Hall–Kier alpha value is -3.42. The average molecular weight is 471 g/mol. The van der Waals surface area contributed by atoms with E-state index in [4.69, 9.17) is 18.9 Å². The zero-order valence-corrected chi connectivity index (χ0v) is 21.2. The van der Waals surface area contributed by atoms with Crippen LogP contribution < -0.4 is 18.9 Å². The number of carbonyl (C=O) groups excluding carboxylic acids is 2. The number of carbonyl (C=O) groups is 2. The molecule has 2 aromatic carbocycles. The first-order valence-corrected chi connectivity index (χ1v) is 11.1. The first-order valence-electron chi connectivity index (χ1n) is 11.1. The van der Waals surface area contributed by atoms with Crippen LogP contribution in [0.4, 0.5) is 0 Å². The van der Waals surface area contributed by atoms with E-state index in [-0.39, 0.29) is 30.1 Å². The number of nitrogens with zero attached hydrogens (tertiary/aromatic N) is 2. The summed E-state index contributed by atoms with van der Waals surface area (Å²) in [5.74, 6) is 1.07. The number of hydrogen-bond acceptors (Lipinski definition) is 6. The second-order valence-electron chi connectivity index (χ2n) is 8.79. The number of ether oxygens (including phenoxy) is 4. The molecule has 8 nitrogen and oxygen atoms in total. The van der Waals surface area contributed by atoms with Crippen molar-refractivity contribution in [1.82, 2.24) is 9.80 Å². The molecular formula is C26H34N2O6. The number of methoxy groups -OCH3 is 4. The van der Waals surface area contributed by atoms with E-state index in [1.807, 2.05) is 30.3 Å². The van der Waals surface area contributed by atoms with Gasteiger partial charge in [0, 0.05) is 46.4 Å². The quantitative estimate of drug-likeness (QED) is 0.590. The van der Waals surface area contributed by atoms with Crippen LogP contribution in [0.25, 0.3) is 0 Å². The first-order chi connectivity index (χ1) is 16.2. The minimum Gasteiger partial charge on any atom is -0.493 e. The molecule has 184 valence electrons. The van der Waals surface area contributed by atoms with Gasteiger partial charge in [-0.05, 0) is 41.0 Å². The molecule has 8 heteroatoms. The smallest absolute Gasteiger partial charge is 0.226 e. The molecule has 0 fully saturated rings. The van der Waals surface area contributed by atoms with Crippen molar-refractivity contribution in [2.24, 2.45) is 5.92 Å². The van der Waals surface area contributed by atoms with Gasteiger partial charge < -0.3 is 28.7 Å². The highest BCUT2D eigenvalue weighted by atomic mass is 16.5. The van der Waals surface area contributed by atoms with Crippen molar-refractivity contribution in [3.05, 3.63) is 47.0 Å². The molecule has 0 bridgehead atoms.